The van der Waals surface area contributed by atoms with Crippen LogP contribution in [0.1, 0.15) is 204 Å². The van der Waals surface area contributed by atoms with Crippen LogP contribution in [-0.2, 0) is 28.8 Å². The molecule has 0 spiro atoms. The fourth-order valence-electron chi connectivity index (χ4n) is 8.12. The number of ketones is 1. The molecule has 2 rings (SSSR count). The van der Waals surface area contributed by atoms with E-state index in [2.05, 4.69) is 65.8 Å². The van der Waals surface area contributed by atoms with Crippen LogP contribution in [0, 0.1) is 17.8 Å². The number of esters is 1. The van der Waals surface area contributed by atoms with E-state index in [-0.39, 0.29) is 17.9 Å². The van der Waals surface area contributed by atoms with Crippen molar-refractivity contribution in [2.45, 2.75) is 221 Å². The molecule has 54 heavy (non-hydrogen) atoms. The van der Waals surface area contributed by atoms with Gasteiger partial charge in [-0.15, -0.1) is 0 Å². The van der Waals surface area contributed by atoms with Crippen molar-refractivity contribution in [3.63, 3.8) is 0 Å². The second-order valence-electron chi connectivity index (χ2n) is 17.6. The highest BCUT2D eigenvalue weighted by molar-refractivity contribution is 6.10. The average molecular weight is 755 g/mol. The summed E-state index contributed by atoms with van der Waals surface area (Å²) in [6.07, 6.45) is 32.1. The molecule has 310 valence electrons. The number of methoxy groups -OCH3 is 1. The first-order valence-electron chi connectivity index (χ1n) is 22.2. The second-order valence-corrected chi connectivity index (χ2v) is 17.6. The number of carbonyl (C=O) groups is 2. The van der Waals surface area contributed by atoms with E-state index in [1.54, 1.807) is 0 Å². The van der Waals surface area contributed by atoms with Crippen molar-refractivity contribution in [2.75, 3.05) is 7.11 Å². The van der Waals surface area contributed by atoms with Gasteiger partial charge >= 0.3 is 5.97 Å². The molecule has 0 aromatic heterocycles. The van der Waals surface area contributed by atoms with Crippen LogP contribution in [0.4, 0.5) is 0 Å². The molecule has 0 bridgehead atoms. The summed E-state index contributed by atoms with van der Waals surface area (Å²) in [6.45, 7) is 19.7. The van der Waals surface area contributed by atoms with Crippen LogP contribution in [0.15, 0.2) is 46.6 Å². The molecule has 1 heterocycles. The first-order valence-corrected chi connectivity index (χ1v) is 22.2. The quantitative estimate of drug-likeness (QED) is 0.0249. The van der Waals surface area contributed by atoms with E-state index in [9.17, 15) is 9.59 Å². The maximum Gasteiger partial charge on any atom is 0.305 e. The highest BCUT2D eigenvalue weighted by Crippen LogP contribution is 2.51. The molecule has 5 atom stereocenters. The van der Waals surface area contributed by atoms with E-state index in [1.807, 2.05) is 20.8 Å². The lowest BCUT2D eigenvalue weighted by molar-refractivity contribution is -0.436. The van der Waals surface area contributed by atoms with E-state index >= 15 is 0 Å². The molecule has 0 N–H and O–H groups in total. The average Bonchev–Trinajstić information content (AvgIpc) is 3.13. The van der Waals surface area contributed by atoms with Gasteiger partial charge in [0.2, 0.25) is 5.79 Å². The number of hydrogen-bond acceptors (Lipinski definition) is 6. The van der Waals surface area contributed by atoms with Gasteiger partial charge in [-0.1, -0.05) is 149 Å². The van der Waals surface area contributed by atoms with Crippen molar-refractivity contribution in [1.82, 2.24) is 0 Å². The Bertz CT molecular complexity index is 1230. The van der Waals surface area contributed by atoms with E-state index in [0.29, 0.717) is 17.9 Å². The van der Waals surface area contributed by atoms with Crippen LogP contribution in [0.25, 0.3) is 0 Å². The zero-order valence-corrected chi connectivity index (χ0v) is 36.6. The van der Waals surface area contributed by atoms with Gasteiger partial charge in [-0.2, -0.15) is 4.89 Å². The Kier molecular flexibility index (Phi) is 23.2. The minimum atomic E-state index is -1.21. The highest BCUT2D eigenvalue weighted by atomic mass is 17.2. The third kappa shape index (κ3) is 17.0. The molecular weight excluding hydrogens is 673 g/mol. The predicted octanol–water partition coefficient (Wildman–Crippen LogP) is 13.8. The SMILES string of the molecule is CCCCC/C=C\C=C\[C@@H](CCCCCCCC(=O)OC)OO[C@]12O[C@](C)(CCC[C@H](C)CCC[C@H](C)CCCC(C)C)CCC1=C(C)C(=O)C(C)=C2C. The zero-order chi connectivity index (χ0) is 40.0. The molecule has 1 saturated heterocycles. The number of fused-ring (bicyclic) bond motifs is 1. The Balaban J connectivity index is 2.10. The molecule has 1 aliphatic heterocycles. The third-order valence-electron chi connectivity index (χ3n) is 12.1. The van der Waals surface area contributed by atoms with Crippen LogP contribution in [0.2, 0.25) is 0 Å². The van der Waals surface area contributed by atoms with Crippen molar-refractivity contribution >= 4 is 11.8 Å². The normalized spacial score (nSPS) is 22.5. The van der Waals surface area contributed by atoms with Crippen molar-refractivity contribution in [1.29, 1.82) is 0 Å². The van der Waals surface area contributed by atoms with Gasteiger partial charge in [-0.3, -0.25) is 9.59 Å². The number of ether oxygens (including phenoxy) is 2. The van der Waals surface area contributed by atoms with Crippen LogP contribution >= 0.6 is 0 Å². The van der Waals surface area contributed by atoms with Gasteiger partial charge in [0, 0.05) is 23.1 Å². The molecule has 0 saturated carbocycles. The first kappa shape index (κ1) is 48.1. The fraction of sp³-hybridized carbons (Fsp3) is 0.792. The number of carbonyl (C=O) groups excluding carboxylic acids is 2. The minimum Gasteiger partial charge on any atom is -0.469 e. The number of allylic oxidation sites excluding steroid dienone is 5. The van der Waals surface area contributed by atoms with Gasteiger partial charge in [0.1, 0.15) is 6.10 Å². The summed E-state index contributed by atoms with van der Waals surface area (Å²) in [6, 6.07) is 0. The standard InChI is InChI=1S/C48H82O6/c1-11-12-13-14-15-17-20-31-43(32-21-18-16-19-22-33-45(49)51-10)52-54-48-42(8)40(6)46(50)41(7)44(48)34-36-47(9,53-48)35-25-30-39(5)29-24-28-38(4)27-23-26-37(2)3/h15,17,20,31,37-39,43H,11-14,16,18-19,21-30,32-36H2,1-10H3/b17-15-,31-20+/t38-,39-,43+,47-,48+/m1/s1. The second kappa shape index (κ2) is 26.0. The molecule has 2 aliphatic rings. The smallest absolute Gasteiger partial charge is 0.305 e. The molecule has 0 aromatic rings. The summed E-state index contributed by atoms with van der Waals surface area (Å²) in [4.78, 5) is 37.8. The van der Waals surface area contributed by atoms with E-state index in [0.717, 1.165) is 99.2 Å². The summed E-state index contributed by atoms with van der Waals surface area (Å²) in [5, 5.41) is 0. The molecule has 0 unspecified atom stereocenters. The van der Waals surface area contributed by atoms with Crippen LogP contribution in [0.3, 0.4) is 0 Å². The zero-order valence-electron chi connectivity index (χ0n) is 36.6. The Morgan fingerprint density at radius 2 is 1.44 bits per heavy atom. The molecule has 6 heteroatoms. The first-order chi connectivity index (χ1) is 25.8. The van der Waals surface area contributed by atoms with E-state index in [4.69, 9.17) is 19.2 Å². The summed E-state index contributed by atoms with van der Waals surface area (Å²) in [5.41, 5.74) is 2.73. The molecule has 0 aromatic carbocycles. The van der Waals surface area contributed by atoms with Crippen LogP contribution in [0.5, 0.6) is 0 Å². The van der Waals surface area contributed by atoms with Crippen molar-refractivity contribution < 1.29 is 28.8 Å². The summed E-state index contributed by atoms with van der Waals surface area (Å²) in [7, 11) is 1.45. The lowest BCUT2D eigenvalue weighted by Crippen LogP contribution is -2.54. The number of rotatable bonds is 29. The molecule has 1 fully saturated rings. The fourth-order valence-corrected chi connectivity index (χ4v) is 8.12. The molecular formula is C48H82O6. The predicted molar refractivity (Wildman–Crippen MR) is 225 cm³/mol. The maximum atomic E-state index is 13.3. The molecule has 0 amide bonds. The van der Waals surface area contributed by atoms with Gasteiger partial charge in [-0.25, -0.2) is 4.89 Å². The Morgan fingerprint density at radius 3 is 2.11 bits per heavy atom. The maximum absolute atomic E-state index is 13.3. The van der Waals surface area contributed by atoms with Crippen molar-refractivity contribution in [2.24, 2.45) is 17.8 Å². The monoisotopic (exact) mass is 755 g/mol. The van der Waals surface area contributed by atoms with Gasteiger partial charge in [0.15, 0.2) is 5.78 Å². The lowest BCUT2D eigenvalue weighted by Gasteiger charge is -2.50. The van der Waals surface area contributed by atoms with Crippen LogP contribution < -0.4 is 0 Å². The highest BCUT2D eigenvalue weighted by Gasteiger charge is 2.54. The summed E-state index contributed by atoms with van der Waals surface area (Å²) >= 11 is 0. The van der Waals surface area contributed by atoms with Crippen LogP contribution in [-0.4, -0.2) is 36.4 Å². The van der Waals surface area contributed by atoms with Gasteiger partial charge in [-0.05, 0) is 96.0 Å². The van der Waals surface area contributed by atoms with Gasteiger partial charge in [0.25, 0.3) is 0 Å². The Morgan fingerprint density at radius 1 is 0.796 bits per heavy atom. The molecule has 0 radical (unpaired) electrons. The number of hydrogen-bond donors (Lipinski definition) is 0. The van der Waals surface area contributed by atoms with Crippen molar-refractivity contribution in [3.8, 4) is 0 Å². The van der Waals surface area contributed by atoms with Crippen molar-refractivity contribution in [3.05, 3.63) is 46.6 Å². The Hall–Kier alpha value is -2.02. The largest absolute Gasteiger partial charge is 0.469 e. The number of unbranched alkanes of at least 4 members (excludes halogenated alkanes) is 7. The van der Waals surface area contributed by atoms with E-state index < -0.39 is 11.4 Å². The minimum absolute atomic E-state index is 0.0776. The molecule has 1 aliphatic carbocycles. The van der Waals surface area contributed by atoms with Gasteiger partial charge < -0.3 is 9.47 Å². The summed E-state index contributed by atoms with van der Waals surface area (Å²) in [5.74, 6) is 1.06. The topological polar surface area (TPSA) is 71.1 Å². The van der Waals surface area contributed by atoms with E-state index in [1.165, 1.54) is 71.3 Å². The lowest BCUT2D eigenvalue weighted by atomic mass is 9.75. The number of Topliss-reactive ketones (excluding diaryl/α,β-unsaturated/α-hetero) is 1. The third-order valence-corrected chi connectivity index (χ3v) is 12.1. The van der Waals surface area contributed by atoms with Gasteiger partial charge in [0.05, 0.1) is 12.7 Å². The Labute approximate surface area is 332 Å². The summed E-state index contributed by atoms with van der Waals surface area (Å²) < 4.78 is 11.9. The molecule has 6 nitrogen and oxygen atoms in total.